The number of anilines is 1. The molecule has 0 atom stereocenters. The Morgan fingerprint density at radius 1 is 1.00 bits per heavy atom. The molecule has 28 heavy (non-hydrogen) atoms. The van der Waals surface area contributed by atoms with Gasteiger partial charge in [-0.25, -0.2) is 4.98 Å². The van der Waals surface area contributed by atoms with Crippen molar-refractivity contribution in [2.24, 2.45) is 0 Å². The number of nitrogens with zero attached hydrogens (tertiary/aromatic N) is 3. The van der Waals surface area contributed by atoms with E-state index in [1.165, 1.54) is 11.3 Å². The molecular formula is C20H20Cl3N3OS. The lowest BCUT2D eigenvalue weighted by Crippen LogP contribution is -2.39. The van der Waals surface area contributed by atoms with Gasteiger partial charge < -0.3 is 4.90 Å². The first-order valence-corrected chi connectivity index (χ1v) is 10.9. The summed E-state index contributed by atoms with van der Waals surface area (Å²) >= 11 is 19.8. The Balaban J connectivity index is 1.98. The Bertz CT molecular complexity index is 988. The van der Waals surface area contributed by atoms with Gasteiger partial charge in [-0.3, -0.25) is 9.69 Å². The quantitative estimate of drug-likeness (QED) is 0.422. The Kier molecular flexibility index (Phi) is 7.18. The van der Waals surface area contributed by atoms with Crippen LogP contribution in [0.25, 0.3) is 10.2 Å². The standard InChI is InChI=1S/C20H20Cl3N3OS/c1-3-25(4-2)9-10-26(19(27)15-7-5-13(21)11-16(15)23)20-24-17-8-6-14(22)12-18(17)28-20/h5-8,11-12H,3-4,9-10H2,1-2H3. The SMILES string of the molecule is CCN(CC)CCN(C(=O)c1ccc(Cl)cc1Cl)c1nc2ccc(Cl)cc2s1. The number of aromatic nitrogens is 1. The minimum atomic E-state index is -0.195. The van der Waals surface area contributed by atoms with Crippen LogP contribution in [0.15, 0.2) is 36.4 Å². The van der Waals surface area contributed by atoms with E-state index >= 15 is 0 Å². The van der Waals surface area contributed by atoms with Gasteiger partial charge in [0, 0.05) is 23.1 Å². The second-order valence-corrected chi connectivity index (χ2v) is 8.51. The number of fused-ring (bicyclic) bond motifs is 1. The number of carbonyl (C=O) groups excluding carboxylic acids is 1. The molecule has 2 aromatic carbocycles. The molecule has 0 fully saturated rings. The number of carbonyl (C=O) groups is 1. The number of thiazole rings is 1. The molecule has 0 N–H and O–H groups in total. The van der Waals surface area contributed by atoms with Crippen LogP contribution in [0.3, 0.4) is 0 Å². The molecule has 3 aromatic rings. The van der Waals surface area contributed by atoms with Gasteiger partial charge in [0.1, 0.15) is 0 Å². The van der Waals surface area contributed by atoms with E-state index in [9.17, 15) is 4.79 Å². The van der Waals surface area contributed by atoms with Gasteiger partial charge in [-0.15, -0.1) is 0 Å². The fourth-order valence-electron chi connectivity index (χ4n) is 2.88. The number of hydrogen-bond acceptors (Lipinski definition) is 4. The smallest absolute Gasteiger partial charge is 0.261 e. The van der Waals surface area contributed by atoms with Crippen molar-refractivity contribution < 1.29 is 4.79 Å². The van der Waals surface area contributed by atoms with E-state index in [-0.39, 0.29) is 5.91 Å². The van der Waals surface area contributed by atoms with Gasteiger partial charge in [0.2, 0.25) is 0 Å². The summed E-state index contributed by atoms with van der Waals surface area (Å²) in [5.74, 6) is -0.195. The van der Waals surface area contributed by atoms with E-state index in [1.54, 1.807) is 29.2 Å². The average molecular weight is 457 g/mol. The third-order valence-corrected chi connectivity index (χ3v) is 6.34. The van der Waals surface area contributed by atoms with Gasteiger partial charge in [0.05, 0.1) is 20.8 Å². The van der Waals surface area contributed by atoms with Crippen molar-refractivity contribution in [1.82, 2.24) is 9.88 Å². The van der Waals surface area contributed by atoms with E-state index in [4.69, 9.17) is 34.8 Å². The van der Waals surface area contributed by atoms with E-state index in [0.717, 1.165) is 29.9 Å². The Morgan fingerprint density at radius 2 is 1.68 bits per heavy atom. The summed E-state index contributed by atoms with van der Waals surface area (Å²) in [6.07, 6.45) is 0. The Labute approximate surface area is 183 Å². The molecule has 1 heterocycles. The third-order valence-electron chi connectivity index (χ3n) is 4.51. The van der Waals surface area contributed by atoms with Crippen LogP contribution >= 0.6 is 46.1 Å². The number of likely N-dealkylation sites (N-methyl/N-ethyl adjacent to an activating group) is 1. The van der Waals surface area contributed by atoms with Gasteiger partial charge in [0.25, 0.3) is 5.91 Å². The van der Waals surface area contributed by atoms with Crippen LogP contribution < -0.4 is 4.90 Å². The van der Waals surface area contributed by atoms with Crippen LogP contribution in [0.2, 0.25) is 15.1 Å². The molecule has 0 aliphatic heterocycles. The minimum Gasteiger partial charge on any atom is -0.302 e. The van der Waals surface area contributed by atoms with Crippen molar-refractivity contribution in [2.45, 2.75) is 13.8 Å². The van der Waals surface area contributed by atoms with Crippen molar-refractivity contribution in [3.05, 3.63) is 57.0 Å². The molecule has 0 saturated heterocycles. The van der Waals surface area contributed by atoms with Crippen LogP contribution in [0, 0.1) is 0 Å². The first-order chi connectivity index (χ1) is 13.4. The summed E-state index contributed by atoms with van der Waals surface area (Å²) in [6, 6.07) is 10.4. The highest BCUT2D eigenvalue weighted by atomic mass is 35.5. The summed E-state index contributed by atoms with van der Waals surface area (Å²) in [4.78, 5) is 21.9. The van der Waals surface area contributed by atoms with Crippen molar-refractivity contribution >= 4 is 67.4 Å². The zero-order valence-corrected chi connectivity index (χ0v) is 18.7. The number of amides is 1. The molecule has 0 bridgehead atoms. The predicted octanol–water partition coefficient (Wildman–Crippen LogP) is 6.25. The third kappa shape index (κ3) is 4.78. The summed E-state index contributed by atoms with van der Waals surface area (Å²) < 4.78 is 0.936. The van der Waals surface area contributed by atoms with Gasteiger partial charge in [-0.2, -0.15) is 0 Å². The van der Waals surface area contributed by atoms with Crippen LogP contribution in [0.4, 0.5) is 5.13 Å². The number of hydrogen-bond donors (Lipinski definition) is 0. The average Bonchev–Trinajstić information content (AvgIpc) is 3.07. The molecule has 0 unspecified atom stereocenters. The lowest BCUT2D eigenvalue weighted by atomic mass is 10.2. The highest BCUT2D eigenvalue weighted by molar-refractivity contribution is 7.22. The van der Waals surface area contributed by atoms with Gasteiger partial charge in [-0.1, -0.05) is 60.0 Å². The topological polar surface area (TPSA) is 36.4 Å². The molecule has 1 aromatic heterocycles. The molecule has 148 valence electrons. The van der Waals surface area contributed by atoms with Crippen LogP contribution in [-0.4, -0.2) is 42.0 Å². The lowest BCUT2D eigenvalue weighted by molar-refractivity contribution is 0.0984. The predicted molar refractivity (Wildman–Crippen MR) is 121 cm³/mol. The van der Waals surface area contributed by atoms with E-state index in [0.29, 0.717) is 32.3 Å². The van der Waals surface area contributed by atoms with E-state index in [2.05, 4.69) is 23.7 Å². The van der Waals surface area contributed by atoms with Crippen molar-refractivity contribution in [2.75, 3.05) is 31.1 Å². The zero-order valence-electron chi connectivity index (χ0n) is 15.6. The molecule has 1 amide bonds. The largest absolute Gasteiger partial charge is 0.302 e. The maximum absolute atomic E-state index is 13.3. The number of halogens is 3. The first-order valence-electron chi connectivity index (χ1n) is 8.98. The minimum absolute atomic E-state index is 0.195. The molecule has 8 heteroatoms. The second kappa shape index (κ2) is 9.42. The van der Waals surface area contributed by atoms with Gasteiger partial charge in [0.15, 0.2) is 5.13 Å². The second-order valence-electron chi connectivity index (χ2n) is 6.22. The van der Waals surface area contributed by atoms with Crippen LogP contribution in [0.1, 0.15) is 24.2 Å². The highest BCUT2D eigenvalue weighted by Crippen LogP contribution is 2.32. The van der Waals surface area contributed by atoms with E-state index < -0.39 is 0 Å². The fourth-order valence-corrected chi connectivity index (χ4v) is 4.63. The number of rotatable bonds is 7. The molecule has 0 saturated carbocycles. The van der Waals surface area contributed by atoms with E-state index in [1.807, 2.05) is 12.1 Å². The highest BCUT2D eigenvalue weighted by Gasteiger charge is 2.24. The fraction of sp³-hybridized carbons (Fsp3) is 0.300. The monoisotopic (exact) mass is 455 g/mol. The maximum Gasteiger partial charge on any atom is 0.261 e. The summed E-state index contributed by atoms with van der Waals surface area (Å²) in [5.41, 5.74) is 1.22. The normalized spacial score (nSPS) is 11.4. The molecule has 0 spiro atoms. The van der Waals surface area contributed by atoms with Gasteiger partial charge in [-0.05, 0) is 49.5 Å². The van der Waals surface area contributed by atoms with Gasteiger partial charge >= 0.3 is 0 Å². The summed E-state index contributed by atoms with van der Waals surface area (Å²) in [6.45, 7) is 7.27. The first kappa shape index (κ1) is 21.3. The molecule has 0 aliphatic carbocycles. The van der Waals surface area contributed by atoms with Crippen molar-refractivity contribution in [3.8, 4) is 0 Å². The number of benzene rings is 2. The van der Waals surface area contributed by atoms with Crippen LogP contribution in [-0.2, 0) is 0 Å². The lowest BCUT2D eigenvalue weighted by Gasteiger charge is -2.25. The Morgan fingerprint density at radius 3 is 2.36 bits per heavy atom. The molecule has 3 rings (SSSR count). The van der Waals surface area contributed by atoms with Crippen molar-refractivity contribution in [3.63, 3.8) is 0 Å². The summed E-state index contributed by atoms with van der Waals surface area (Å²) in [7, 11) is 0. The molecule has 0 aliphatic rings. The molecular weight excluding hydrogens is 437 g/mol. The zero-order chi connectivity index (χ0) is 20.3. The van der Waals surface area contributed by atoms with Crippen LogP contribution in [0.5, 0.6) is 0 Å². The van der Waals surface area contributed by atoms with Crippen molar-refractivity contribution in [1.29, 1.82) is 0 Å². The Hall–Kier alpha value is -1.37. The molecule has 0 radical (unpaired) electrons. The molecule has 4 nitrogen and oxygen atoms in total. The summed E-state index contributed by atoms with van der Waals surface area (Å²) in [5, 5.41) is 2.09. The maximum atomic E-state index is 13.3.